The van der Waals surface area contributed by atoms with Gasteiger partial charge in [-0.15, -0.1) is 0 Å². The molecule has 9 heteroatoms. The molecule has 0 spiro atoms. The largest absolute Gasteiger partial charge is 0.490 e. The van der Waals surface area contributed by atoms with Gasteiger partial charge in [0.15, 0.2) is 11.5 Å². The minimum Gasteiger partial charge on any atom is -0.490 e. The number of benzene rings is 2. The van der Waals surface area contributed by atoms with Crippen molar-refractivity contribution in [3.63, 3.8) is 0 Å². The van der Waals surface area contributed by atoms with Crippen molar-refractivity contribution in [1.29, 1.82) is 5.26 Å². The third-order valence-electron chi connectivity index (χ3n) is 4.39. The van der Waals surface area contributed by atoms with Crippen LogP contribution in [0.3, 0.4) is 0 Å². The van der Waals surface area contributed by atoms with Crippen LogP contribution in [0.2, 0.25) is 0 Å². The van der Waals surface area contributed by atoms with E-state index in [-0.39, 0.29) is 18.0 Å². The SMILES string of the molecule is CCOc1cc(C#N)cc(Br)c1OC(=O)Cn1c(=O)n(CC)c(=O)c2ccccc21. The van der Waals surface area contributed by atoms with Crippen molar-refractivity contribution in [1.82, 2.24) is 9.13 Å². The molecule has 3 aromatic rings. The van der Waals surface area contributed by atoms with Gasteiger partial charge in [0.05, 0.1) is 33.6 Å². The van der Waals surface area contributed by atoms with Gasteiger partial charge < -0.3 is 9.47 Å². The number of ether oxygens (including phenoxy) is 2. The number of aromatic nitrogens is 2. The summed E-state index contributed by atoms with van der Waals surface area (Å²) < 4.78 is 13.6. The first-order chi connectivity index (χ1) is 14.4. The standard InChI is InChI=1S/C21H18BrN3O5/c1-3-24-20(27)14-7-5-6-8-16(14)25(21(24)28)12-18(26)30-19-15(22)9-13(11-23)10-17(19)29-4-2/h5-10H,3-4,12H2,1-2H3. The smallest absolute Gasteiger partial charge is 0.332 e. The second kappa shape index (κ2) is 8.97. The number of halogens is 1. The molecule has 30 heavy (non-hydrogen) atoms. The van der Waals surface area contributed by atoms with E-state index in [2.05, 4.69) is 15.9 Å². The summed E-state index contributed by atoms with van der Waals surface area (Å²) in [5.74, 6) is -0.385. The van der Waals surface area contributed by atoms with Gasteiger partial charge in [-0.1, -0.05) is 12.1 Å². The minimum atomic E-state index is -0.727. The lowest BCUT2D eigenvalue weighted by molar-refractivity contribution is -0.135. The Morgan fingerprint density at radius 2 is 1.90 bits per heavy atom. The van der Waals surface area contributed by atoms with Crippen LogP contribution in [0.15, 0.2) is 50.5 Å². The highest BCUT2D eigenvalue weighted by Crippen LogP contribution is 2.37. The van der Waals surface area contributed by atoms with E-state index in [0.717, 1.165) is 4.57 Å². The monoisotopic (exact) mass is 471 g/mol. The van der Waals surface area contributed by atoms with Gasteiger partial charge in [0, 0.05) is 12.6 Å². The number of para-hydroxylation sites is 1. The predicted octanol–water partition coefficient (Wildman–Crippen LogP) is 2.82. The molecule has 0 unspecified atom stereocenters. The Bertz CT molecular complexity index is 1290. The third-order valence-corrected chi connectivity index (χ3v) is 4.98. The lowest BCUT2D eigenvalue weighted by Gasteiger charge is -2.15. The number of hydrogen-bond donors (Lipinski definition) is 0. The van der Waals surface area contributed by atoms with Gasteiger partial charge in [0.25, 0.3) is 5.56 Å². The van der Waals surface area contributed by atoms with E-state index in [1.54, 1.807) is 38.1 Å². The Kier molecular flexibility index (Phi) is 6.37. The molecule has 0 N–H and O–H groups in total. The summed E-state index contributed by atoms with van der Waals surface area (Å²) in [5.41, 5.74) is -0.321. The maximum absolute atomic E-state index is 12.8. The van der Waals surface area contributed by atoms with Crippen LogP contribution in [0.1, 0.15) is 19.4 Å². The van der Waals surface area contributed by atoms with Crippen LogP contribution in [0.4, 0.5) is 0 Å². The van der Waals surface area contributed by atoms with Gasteiger partial charge in [0.2, 0.25) is 0 Å². The zero-order chi connectivity index (χ0) is 21.8. The maximum atomic E-state index is 12.8. The second-order valence-corrected chi connectivity index (χ2v) is 7.09. The Balaban J connectivity index is 2.03. The van der Waals surface area contributed by atoms with Crippen LogP contribution in [-0.4, -0.2) is 21.7 Å². The number of carbonyl (C=O) groups is 1. The number of nitriles is 1. The van der Waals surface area contributed by atoms with Crippen molar-refractivity contribution >= 4 is 32.8 Å². The molecule has 154 valence electrons. The average molecular weight is 472 g/mol. The van der Waals surface area contributed by atoms with Gasteiger partial charge in [-0.2, -0.15) is 5.26 Å². The molecule has 0 fully saturated rings. The van der Waals surface area contributed by atoms with Crippen LogP contribution >= 0.6 is 15.9 Å². The molecule has 0 saturated carbocycles. The normalized spacial score (nSPS) is 10.6. The molecular weight excluding hydrogens is 454 g/mol. The zero-order valence-corrected chi connectivity index (χ0v) is 17.9. The minimum absolute atomic E-state index is 0.113. The Hall–Kier alpha value is -3.38. The molecule has 0 bridgehead atoms. The van der Waals surface area contributed by atoms with Gasteiger partial charge in [-0.25, -0.2) is 9.59 Å². The molecule has 1 heterocycles. The van der Waals surface area contributed by atoms with E-state index in [1.165, 1.54) is 16.7 Å². The van der Waals surface area contributed by atoms with E-state index in [9.17, 15) is 14.4 Å². The first kappa shape index (κ1) is 21.3. The van der Waals surface area contributed by atoms with E-state index in [4.69, 9.17) is 14.7 Å². The highest BCUT2D eigenvalue weighted by Gasteiger charge is 2.19. The lowest BCUT2D eigenvalue weighted by atomic mass is 10.2. The van der Waals surface area contributed by atoms with Gasteiger partial charge in [-0.05, 0) is 48.0 Å². The van der Waals surface area contributed by atoms with Gasteiger partial charge in [0.1, 0.15) is 6.54 Å². The summed E-state index contributed by atoms with van der Waals surface area (Å²) in [5, 5.41) is 9.46. The number of nitrogens with zero attached hydrogens (tertiary/aromatic N) is 3. The van der Waals surface area contributed by atoms with Crippen molar-refractivity contribution in [2.75, 3.05) is 6.61 Å². The fourth-order valence-corrected chi connectivity index (χ4v) is 3.60. The zero-order valence-electron chi connectivity index (χ0n) is 16.3. The molecule has 2 aromatic carbocycles. The van der Waals surface area contributed by atoms with Crippen molar-refractivity contribution in [3.8, 4) is 17.6 Å². The van der Waals surface area contributed by atoms with Crippen LogP contribution in [0.5, 0.6) is 11.5 Å². The van der Waals surface area contributed by atoms with E-state index >= 15 is 0 Å². The lowest BCUT2D eigenvalue weighted by Crippen LogP contribution is -2.41. The van der Waals surface area contributed by atoms with Crippen molar-refractivity contribution in [3.05, 3.63) is 67.3 Å². The molecular formula is C21H18BrN3O5. The summed E-state index contributed by atoms with van der Waals surface area (Å²) in [6.45, 7) is 3.52. The average Bonchev–Trinajstić information content (AvgIpc) is 2.74. The van der Waals surface area contributed by atoms with Crippen molar-refractivity contribution < 1.29 is 14.3 Å². The predicted molar refractivity (Wildman–Crippen MR) is 114 cm³/mol. The molecule has 3 rings (SSSR count). The molecule has 0 aliphatic rings. The molecule has 8 nitrogen and oxygen atoms in total. The van der Waals surface area contributed by atoms with E-state index < -0.39 is 23.8 Å². The van der Waals surface area contributed by atoms with Gasteiger partial charge in [-0.3, -0.25) is 13.9 Å². The summed E-state index contributed by atoms with van der Waals surface area (Å²) in [6.07, 6.45) is 0. The van der Waals surface area contributed by atoms with Crippen molar-refractivity contribution in [2.45, 2.75) is 26.9 Å². The summed E-state index contributed by atoms with van der Waals surface area (Å²) in [4.78, 5) is 38.0. The molecule has 0 amide bonds. The Labute approximate surface area is 180 Å². The highest BCUT2D eigenvalue weighted by molar-refractivity contribution is 9.10. The number of hydrogen-bond acceptors (Lipinski definition) is 6. The fourth-order valence-electron chi connectivity index (χ4n) is 3.07. The molecule has 0 aliphatic heterocycles. The topological polar surface area (TPSA) is 103 Å². The summed E-state index contributed by atoms with van der Waals surface area (Å²) in [7, 11) is 0. The third kappa shape index (κ3) is 4.00. The van der Waals surface area contributed by atoms with E-state index in [1.807, 2.05) is 6.07 Å². The first-order valence-electron chi connectivity index (χ1n) is 9.20. The summed E-state index contributed by atoms with van der Waals surface area (Å²) >= 11 is 3.29. The van der Waals surface area contributed by atoms with Crippen LogP contribution in [-0.2, 0) is 17.9 Å². The number of rotatable bonds is 6. The maximum Gasteiger partial charge on any atom is 0.332 e. The van der Waals surface area contributed by atoms with E-state index in [0.29, 0.717) is 27.5 Å². The van der Waals surface area contributed by atoms with Crippen molar-refractivity contribution in [2.24, 2.45) is 0 Å². The Morgan fingerprint density at radius 3 is 2.57 bits per heavy atom. The second-order valence-electron chi connectivity index (χ2n) is 6.24. The van der Waals surface area contributed by atoms with Gasteiger partial charge >= 0.3 is 11.7 Å². The quantitative estimate of drug-likeness (QED) is 0.404. The first-order valence-corrected chi connectivity index (χ1v) is 10.00. The molecule has 0 radical (unpaired) electrons. The van der Waals surface area contributed by atoms with Crippen LogP contribution < -0.4 is 20.7 Å². The Morgan fingerprint density at radius 1 is 1.17 bits per heavy atom. The highest BCUT2D eigenvalue weighted by atomic mass is 79.9. The number of esters is 1. The summed E-state index contributed by atoms with van der Waals surface area (Å²) in [6, 6.07) is 11.6. The number of fused-ring (bicyclic) bond motifs is 1. The van der Waals surface area contributed by atoms with Crippen LogP contribution in [0.25, 0.3) is 10.9 Å². The molecule has 0 aliphatic carbocycles. The van der Waals surface area contributed by atoms with Crippen LogP contribution in [0, 0.1) is 11.3 Å². The molecule has 0 atom stereocenters. The number of carbonyl (C=O) groups excluding carboxylic acids is 1. The molecule has 0 saturated heterocycles. The fraction of sp³-hybridized carbons (Fsp3) is 0.238. The molecule has 1 aromatic heterocycles.